The van der Waals surface area contributed by atoms with Crippen LogP contribution in [0.3, 0.4) is 0 Å². The Labute approximate surface area is 82.5 Å². The third kappa shape index (κ3) is 1.63. The van der Waals surface area contributed by atoms with Gasteiger partial charge in [0.1, 0.15) is 0 Å². The van der Waals surface area contributed by atoms with E-state index in [-0.39, 0.29) is 0 Å². The van der Waals surface area contributed by atoms with Crippen LogP contribution in [-0.2, 0) is 0 Å². The Morgan fingerprint density at radius 2 is 1.85 bits per heavy atom. The fraction of sp³-hybridized carbons (Fsp3) is 1.00. The Kier molecular flexibility index (Phi) is 2.18. The average molecular weight is 181 g/mol. The van der Waals surface area contributed by atoms with E-state index in [0.717, 1.165) is 17.9 Å². The van der Waals surface area contributed by atoms with E-state index in [1.807, 2.05) is 0 Å². The summed E-state index contributed by atoms with van der Waals surface area (Å²) < 4.78 is 0. The summed E-state index contributed by atoms with van der Waals surface area (Å²) in [4.78, 5) is 2.58. The summed E-state index contributed by atoms with van der Waals surface area (Å²) in [5.74, 6) is 1.96. The average Bonchev–Trinajstić information content (AvgIpc) is 2.03. The van der Waals surface area contributed by atoms with Crippen molar-refractivity contribution in [1.82, 2.24) is 4.90 Å². The molecule has 3 unspecified atom stereocenters. The van der Waals surface area contributed by atoms with Crippen LogP contribution >= 0.6 is 0 Å². The van der Waals surface area contributed by atoms with Crippen molar-refractivity contribution in [3.8, 4) is 0 Å². The van der Waals surface area contributed by atoms with E-state index in [1.54, 1.807) is 0 Å². The molecular formula is C12H23N. The molecule has 2 aliphatic heterocycles. The summed E-state index contributed by atoms with van der Waals surface area (Å²) in [6.45, 7) is 8.60. The maximum atomic E-state index is 2.58. The molecule has 3 aliphatic rings. The van der Waals surface area contributed by atoms with Crippen LogP contribution in [0.1, 0.15) is 40.0 Å². The third-order valence-electron chi connectivity index (χ3n) is 4.22. The number of piperidine rings is 2. The van der Waals surface area contributed by atoms with Crippen molar-refractivity contribution >= 4 is 0 Å². The van der Waals surface area contributed by atoms with Gasteiger partial charge in [0.05, 0.1) is 0 Å². The molecule has 0 aromatic rings. The molecule has 0 N–H and O–H groups in total. The van der Waals surface area contributed by atoms with Crippen molar-refractivity contribution in [2.24, 2.45) is 17.3 Å². The van der Waals surface area contributed by atoms with E-state index in [2.05, 4.69) is 32.7 Å². The maximum absolute atomic E-state index is 2.58. The molecule has 3 fully saturated rings. The van der Waals surface area contributed by atoms with E-state index in [4.69, 9.17) is 0 Å². The zero-order chi connectivity index (χ0) is 9.64. The molecule has 0 spiro atoms. The molecule has 2 heterocycles. The second-order valence-corrected chi connectivity index (χ2v) is 6.14. The lowest BCUT2D eigenvalue weighted by Crippen LogP contribution is -2.52. The predicted molar refractivity (Wildman–Crippen MR) is 56.7 cm³/mol. The first-order valence-corrected chi connectivity index (χ1v) is 5.68. The molecule has 2 bridgehead atoms. The fourth-order valence-corrected chi connectivity index (χ4v) is 3.41. The van der Waals surface area contributed by atoms with Crippen molar-refractivity contribution in [1.29, 1.82) is 0 Å². The summed E-state index contributed by atoms with van der Waals surface area (Å²) in [6.07, 6.45) is 4.38. The lowest BCUT2D eigenvalue weighted by Gasteiger charge is -2.52. The van der Waals surface area contributed by atoms with E-state index in [1.165, 1.54) is 25.8 Å². The van der Waals surface area contributed by atoms with Gasteiger partial charge >= 0.3 is 0 Å². The number of hydrogen-bond donors (Lipinski definition) is 0. The summed E-state index contributed by atoms with van der Waals surface area (Å²) in [5.41, 5.74) is 0.532. The first-order valence-electron chi connectivity index (χ1n) is 5.68. The predicted octanol–water partition coefficient (Wildman–Crippen LogP) is 2.76. The summed E-state index contributed by atoms with van der Waals surface area (Å²) in [7, 11) is 2.30. The lowest BCUT2D eigenvalue weighted by molar-refractivity contribution is -0.0238. The Morgan fingerprint density at radius 1 is 1.15 bits per heavy atom. The topological polar surface area (TPSA) is 3.24 Å². The molecular weight excluding hydrogens is 158 g/mol. The van der Waals surface area contributed by atoms with Crippen LogP contribution < -0.4 is 0 Å². The molecule has 1 aliphatic carbocycles. The molecule has 0 amide bonds. The normalized spacial score (nSPS) is 41.1. The van der Waals surface area contributed by atoms with Gasteiger partial charge in [0.25, 0.3) is 0 Å². The molecule has 3 rings (SSSR count). The standard InChI is InChI=1S/C12H23N/c1-12(2,3)11-7-10-6-5-9(11)8-13(10)4/h9-11H,5-8H2,1-4H3. The highest BCUT2D eigenvalue weighted by Gasteiger charge is 2.43. The number of fused-ring (bicyclic) bond motifs is 3. The molecule has 1 heteroatoms. The van der Waals surface area contributed by atoms with Gasteiger partial charge in [-0.05, 0) is 43.6 Å². The van der Waals surface area contributed by atoms with Gasteiger partial charge in [-0.25, -0.2) is 0 Å². The molecule has 0 radical (unpaired) electrons. The van der Waals surface area contributed by atoms with E-state index in [9.17, 15) is 0 Å². The molecule has 0 aromatic carbocycles. The number of rotatable bonds is 0. The molecule has 0 aromatic heterocycles. The minimum absolute atomic E-state index is 0.532. The Balaban J connectivity index is 2.11. The van der Waals surface area contributed by atoms with Crippen molar-refractivity contribution in [3.63, 3.8) is 0 Å². The van der Waals surface area contributed by atoms with Gasteiger partial charge in [0.2, 0.25) is 0 Å². The summed E-state index contributed by atoms with van der Waals surface area (Å²) in [6, 6.07) is 0.897. The number of nitrogens with zero attached hydrogens (tertiary/aromatic N) is 1. The van der Waals surface area contributed by atoms with Crippen LogP contribution in [0.4, 0.5) is 0 Å². The third-order valence-corrected chi connectivity index (χ3v) is 4.22. The van der Waals surface area contributed by atoms with Crippen LogP contribution in [0.25, 0.3) is 0 Å². The second kappa shape index (κ2) is 2.98. The SMILES string of the molecule is CN1CC2CCC1CC2C(C)(C)C. The molecule has 1 saturated carbocycles. The lowest BCUT2D eigenvalue weighted by atomic mass is 9.62. The van der Waals surface area contributed by atoms with Gasteiger partial charge in [-0.2, -0.15) is 0 Å². The van der Waals surface area contributed by atoms with Crippen molar-refractivity contribution < 1.29 is 0 Å². The zero-order valence-electron chi connectivity index (χ0n) is 9.51. The first-order chi connectivity index (χ1) is 5.98. The van der Waals surface area contributed by atoms with E-state index < -0.39 is 0 Å². The van der Waals surface area contributed by atoms with Gasteiger partial charge in [-0.3, -0.25) is 0 Å². The smallest absolute Gasteiger partial charge is 0.00953 e. The van der Waals surface area contributed by atoms with Crippen LogP contribution in [-0.4, -0.2) is 24.5 Å². The monoisotopic (exact) mass is 181 g/mol. The second-order valence-electron chi connectivity index (χ2n) is 6.14. The minimum atomic E-state index is 0.532. The van der Waals surface area contributed by atoms with Crippen LogP contribution in [0, 0.1) is 17.3 Å². The Bertz CT molecular complexity index is 192. The molecule has 2 saturated heterocycles. The molecule has 76 valence electrons. The fourth-order valence-electron chi connectivity index (χ4n) is 3.41. The highest BCUT2D eigenvalue weighted by molar-refractivity contribution is 4.95. The maximum Gasteiger partial charge on any atom is 0.00953 e. The molecule has 1 nitrogen and oxygen atoms in total. The largest absolute Gasteiger partial charge is 0.303 e. The van der Waals surface area contributed by atoms with Gasteiger partial charge in [-0.1, -0.05) is 20.8 Å². The quantitative estimate of drug-likeness (QED) is 0.555. The van der Waals surface area contributed by atoms with Crippen LogP contribution in [0.5, 0.6) is 0 Å². The van der Waals surface area contributed by atoms with Crippen molar-refractivity contribution in [2.45, 2.75) is 46.1 Å². The van der Waals surface area contributed by atoms with Crippen LogP contribution in [0.15, 0.2) is 0 Å². The van der Waals surface area contributed by atoms with Gasteiger partial charge < -0.3 is 4.90 Å². The number of hydrogen-bond acceptors (Lipinski definition) is 1. The molecule has 13 heavy (non-hydrogen) atoms. The van der Waals surface area contributed by atoms with E-state index >= 15 is 0 Å². The van der Waals surface area contributed by atoms with Gasteiger partial charge in [0, 0.05) is 12.6 Å². The Hall–Kier alpha value is -0.0400. The zero-order valence-corrected chi connectivity index (χ0v) is 9.51. The highest BCUT2D eigenvalue weighted by Crippen LogP contribution is 2.46. The summed E-state index contributed by atoms with van der Waals surface area (Å²) in [5, 5.41) is 0. The van der Waals surface area contributed by atoms with Gasteiger partial charge in [-0.15, -0.1) is 0 Å². The van der Waals surface area contributed by atoms with Crippen LogP contribution in [0.2, 0.25) is 0 Å². The van der Waals surface area contributed by atoms with Crippen molar-refractivity contribution in [3.05, 3.63) is 0 Å². The van der Waals surface area contributed by atoms with Gasteiger partial charge in [0.15, 0.2) is 0 Å². The first kappa shape index (κ1) is 9.51. The Morgan fingerprint density at radius 3 is 2.23 bits per heavy atom. The van der Waals surface area contributed by atoms with Crippen molar-refractivity contribution in [2.75, 3.05) is 13.6 Å². The highest BCUT2D eigenvalue weighted by atomic mass is 15.1. The summed E-state index contributed by atoms with van der Waals surface area (Å²) >= 11 is 0. The van der Waals surface area contributed by atoms with E-state index in [0.29, 0.717) is 5.41 Å². The minimum Gasteiger partial charge on any atom is -0.303 e. The molecule has 3 atom stereocenters.